The Morgan fingerprint density at radius 3 is 2.31 bits per heavy atom. The van der Waals surface area contributed by atoms with E-state index in [0.717, 1.165) is 17.0 Å². The molecule has 2 aromatic carbocycles. The molecule has 0 bridgehead atoms. The number of rotatable bonds is 7. The average molecular weight is 374 g/mol. The standard InChI is InChI=1S/C21H25FN2OS/c22-19-8-10-20(11-9-19)26-16-21(25)23-14-17-4-6-18(7-5-17)15-24-12-2-1-3-13-24/h4-11H,1-3,12-16H2,(H,23,25)/p+1. The largest absolute Gasteiger partial charge is 0.351 e. The maximum absolute atomic E-state index is 12.9. The maximum Gasteiger partial charge on any atom is 0.230 e. The fourth-order valence-corrected chi connectivity index (χ4v) is 3.95. The van der Waals surface area contributed by atoms with Crippen molar-refractivity contribution in [2.24, 2.45) is 0 Å². The number of thioether (sulfide) groups is 1. The number of carbonyl (C=O) groups excluding carboxylic acids is 1. The van der Waals surface area contributed by atoms with E-state index in [4.69, 9.17) is 0 Å². The lowest BCUT2D eigenvalue weighted by Gasteiger charge is -2.23. The van der Waals surface area contributed by atoms with Gasteiger partial charge in [0.05, 0.1) is 18.8 Å². The zero-order valence-corrected chi connectivity index (χ0v) is 15.8. The van der Waals surface area contributed by atoms with Gasteiger partial charge in [0, 0.05) is 17.0 Å². The number of quaternary nitrogens is 1. The molecule has 0 radical (unpaired) electrons. The molecular weight excluding hydrogens is 347 g/mol. The van der Waals surface area contributed by atoms with Gasteiger partial charge in [-0.15, -0.1) is 11.8 Å². The van der Waals surface area contributed by atoms with E-state index in [1.165, 1.54) is 61.8 Å². The second-order valence-electron chi connectivity index (χ2n) is 6.82. The second kappa shape index (κ2) is 9.74. The van der Waals surface area contributed by atoms with E-state index >= 15 is 0 Å². The highest BCUT2D eigenvalue weighted by Gasteiger charge is 2.13. The fraction of sp³-hybridized carbons (Fsp3) is 0.381. The lowest BCUT2D eigenvalue weighted by Crippen LogP contribution is -3.11. The number of hydrogen-bond acceptors (Lipinski definition) is 2. The first-order chi connectivity index (χ1) is 12.7. The Hall–Kier alpha value is -1.85. The van der Waals surface area contributed by atoms with Gasteiger partial charge in [0.1, 0.15) is 12.4 Å². The van der Waals surface area contributed by atoms with Gasteiger partial charge in [0.25, 0.3) is 0 Å². The topological polar surface area (TPSA) is 33.5 Å². The van der Waals surface area contributed by atoms with Gasteiger partial charge in [-0.05, 0) is 49.1 Å². The van der Waals surface area contributed by atoms with E-state index in [2.05, 4.69) is 29.6 Å². The number of hydrogen-bond donors (Lipinski definition) is 2. The van der Waals surface area contributed by atoms with E-state index in [1.54, 1.807) is 17.0 Å². The zero-order chi connectivity index (χ0) is 18.2. The highest BCUT2D eigenvalue weighted by atomic mass is 32.2. The minimum absolute atomic E-state index is 0.0128. The molecule has 0 saturated carbocycles. The Labute approximate surface area is 159 Å². The number of benzene rings is 2. The van der Waals surface area contributed by atoms with E-state index < -0.39 is 0 Å². The number of halogens is 1. The molecule has 5 heteroatoms. The van der Waals surface area contributed by atoms with Gasteiger partial charge in [-0.25, -0.2) is 4.39 Å². The second-order valence-corrected chi connectivity index (χ2v) is 7.87. The van der Waals surface area contributed by atoms with Gasteiger partial charge in [-0.3, -0.25) is 4.79 Å². The molecule has 1 heterocycles. The van der Waals surface area contributed by atoms with E-state index in [0.29, 0.717) is 12.3 Å². The monoisotopic (exact) mass is 373 g/mol. The van der Waals surface area contributed by atoms with Crippen molar-refractivity contribution in [1.82, 2.24) is 5.32 Å². The maximum atomic E-state index is 12.9. The van der Waals surface area contributed by atoms with Crippen LogP contribution in [0, 0.1) is 5.82 Å². The number of piperidine rings is 1. The Balaban J connectivity index is 1.39. The number of carbonyl (C=O) groups is 1. The molecule has 0 atom stereocenters. The van der Waals surface area contributed by atoms with Crippen LogP contribution >= 0.6 is 11.8 Å². The van der Waals surface area contributed by atoms with Gasteiger partial charge >= 0.3 is 0 Å². The smallest absolute Gasteiger partial charge is 0.230 e. The Kier molecular flexibility index (Phi) is 7.09. The molecule has 0 aliphatic carbocycles. The van der Waals surface area contributed by atoms with Crippen molar-refractivity contribution in [3.8, 4) is 0 Å². The van der Waals surface area contributed by atoms with Gasteiger partial charge < -0.3 is 10.2 Å². The SMILES string of the molecule is O=C(CSc1ccc(F)cc1)NCc1ccc(C[NH+]2CCCCC2)cc1. The number of amides is 1. The molecule has 0 unspecified atom stereocenters. The van der Waals surface area contributed by atoms with Gasteiger partial charge in [0.15, 0.2) is 0 Å². The third-order valence-electron chi connectivity index (χ3n) is 4.71. The lowest BCUT2D eigenvalue weighted by atomic mass is 10.1. The van der Waals surface area contributed by atoms with Crippen molar-refractivity contribution in [1.29, 1.82) is 0 Å². The van der Waals surface area contributed by atoms with Crippen LogP contribution in [0.2, 0.25) is 0 Å². The van der Waals surface area contributed by atoms with Crippen molar-refractivity contribution in [3.63, 3.8) is 0 Å². The zero-order valence-electron chi connectivity index (χ0n) is 15.0. The predicted octanol–water partition coefficient (Wildman–Crippen LogP) is 2.80. The van der Waals surface area contributed by atoms with Crippen molar-refractivity contribution in [2.45, 2.75) is 37.2 Å². The minimum atomic E-state index is -0.260. The van der Waals surface area contributed by atoms with Gasteiger partial charge in [0.2, 0.25) is 5.91 Å². The van der Waals surface area contributed by atoms with Crippen LogP contribution in [0.5, 0.6) is 0 Å². The van der Waals surface area contributed by atoms with Crippen molar-refractivity contribution < 1.29 is 14.1 Å². The molecule has 2 aromatic rings. The molecule has 3 nitrogen and oxygen atoms in total. The minimum Gasteiger partial charge on any atom is -0.351 e. The van der Waals surface area contributed by atoms with Crippen molar-refractivity contribution in [2.75, 3.05) is 18.8 Å². The molecule has 2 N–H and O–H groups in total. The summed E-state index contributed by atoms with van der Waals surface area (Å²) in [4.78, 5) is 14.5. The molecule has 0 aromatic heterocycles. The van der Waals surface area contributed by atoms with Gasteiger partial charge in [-0.1, -0.05) is 24.3 Å². The third-order valence-corrected chi connectivity index (χ3v) is 5.72. The molecule has 1 amide bonds. The van der Waals surface area contributed by atoms with Crippen LogP contribution in [0.4, 0.5) is 4.39 Å². The van der Waals surface area contributed by atoms with E-state index in [1.807, 2.05) is 0 Å². The van der Waals surface area contributed by atoms with E-state index in [9.17, 15) is 9.18 Å². The molecule has 1 aliphatic heterocycles. The lowest BCUT2D eigenvalue weighted by molar-refractivity contribution is -0.918. The van der Waals surface area contributed by atoms with Crippen LogP contribution in [-0.2, 0) is 17.9 Å². The van der Waals surface area contributed by atoms with Crippen LogP contribution < -0.4 is 10.2 Å². The molecule has 1 saturated heterocycles. The first-order valence-corrected chi connectivity index (χ1v) is 10.2. The highest BCUT2D eigenvalue weighted by Crippen LogP contribution is 2.17. The van der Waals surface area contributed by atoms with Crippen molar-refractivity contribution >= 4 is 17.7 Å². The Morgan fingerprint density at radius 2 is 1.62 bits per heavy atom. The summed E-state index contributed by atoms with van der Waals surface area (Å²) in [5, 5.41) is 2.94. The predicted molar refractivity (Wildman–Crippen MR) is 104 cm³/mol. The summed E-state index contributed by atoms with van der Waals surface area (Å²) in [5.41, 5.74) is 2.48. The third kappa shape index (κ3) is 6.15. The number of nitrogens with one attached hydrogen (secondary N) is 2. The molecule has 26 heavy (non-hydrogen) atoms. The summed E-state index contributed by atoms with van der Waals surface area (Å²) in [6, 6.07) is 14.8. The quantitative estimate of drug-likeness (QED) is 0.732. The van der Waals surface area contributed by atoms with Gasteiger partial charge in [-0.2, -0.15) is 0 Å². The fourth-order valence-electron chi connectivity index (χ4n) is 3.22. The van der Waals surface area contributed by atoms with E-state index in [-0.39, 0.29) is 11.7 Å². The molecule has 1 aliphatic rings. The van der Waals surface area contributed by atoms with Crippen LogP contribution in [0.15, 0.2) is 53.4 Å². The highest BCUT2D eigenvalue weighted by molar-refractivity contribution is 8.00. The summed E-state index contributed by atoms with van der Waals surface area (Å²) in [6.45, 7) is 4.20. The van der Waals surface area contributed by atoms with Crippen LogP contribution in [0.3, 0.4) is 0 Å². The molecule has 3 rings (SSSR count). The summed E-state index contributed by atoms with van der Waals surface area (Å²) in [5.74, 6) is 0.0625. The normalized spacial score (nSPS) is 15.0. The summed E-state index contributed by atoms with van der Waals surface area (Å²) >= 11 is 1.41. The van der Waals surface area contributed by atoms with Crippen LogP contribution in [-0.4, -0.2) is 24.7 Å². The average Bonchev–Trinajstić information content (AvgIpc) is 2.68. The molecule has 138 valence electrons. The molecule has 0 spiro atoms. The first-order valence-electron chi connectivity index (χ1n) is 9.25. The first kappa shape index (κ1) is 18.9. The van der Waals surface area contributed by atoms with Crippen LogP contribution in [0.1, 0.15) is 30.4 Å². The summed E-state index contributed by atoms with van der Waals surface area (Å²) < 4.78 is 12.9. The molecular formula is C21H26FN2OS+. The van der Waals surface area contributed by atoms with Crippen LogP contribution in [0.25, 0.3) is 0 Å². The Bertz CT molecular complexity index is 697. The summed E-state index contributed by atoms with van der Waals surface area (Å²) in [6.07, 6.45) is 4.06. The molecule has 1 fully saturated rings. The van der Waals surface area contributed by atoms with Crippen molar-refractivity contribution in [3.05, 3.63) is 65.5 Å². The Morgan fingerprint density at radius 1 is 0.962 bits per heavy atom. The number of likely N-dealkylation sites (tertiary alicyclic amines) is 1. The summed E-state index contributed by atoms with van der Waals surface area (Å²) in [7, 11) is 0.